The first-order chi connectivity index (χ1) is 9.33. The third-order valence-corrected chi connectivity index (χ3v) is 4.66. The lowest BCUT2D eigenvalue weighted by atomic mass is 9.80. The van der Waals surface area contributed by atoms with Gasteiger partial charge in [-0.2, -0.15) is 0 Å². The second-order valence-corrected chi connectivity index (χ2v) is 6.12. The quantitative estimate of drug-likeness (QED) is 0.853. The number of benzene rings is 1. The zero-order valence-corrected chi connectivity index (χ0v) is 12.6. The van der Waals surface area contributed by atoms with E-state index in [-0.39, 0.29) is 17.1 Å². The van der Waals surface area contributed by atoms with Gasteiger partial charge in [0.05, 0.1) is 4.99 Å². The van der Waals surface area contributed by atoms with E-state index >= 15 is 0 Å². The Labute approximate surface area is 123 Å². The van der Waals surface area contributed by atoms with Crippen molar-refractivity contribution in [2.75, 3.05) is 13.1 Å². The fraction of sp³-hybridized carbons (Fsp3) is 0.467. The number of amides is 1. The molecule has 5 heteroatoms. The first-order valence-electron chi connectivity index (χ1n) is 6.69. The van der Waals surface area contributed by atoms with E-state index in [1.807, 2.05) is 6.92 Å². The second-order valence-electron chi connectivity index (χ2n) is 5.68. The van der Waals surface area contributed by atoms with Crippen LogP contribution in [0, 0.1) is 18.2 Å². The van der Waals surface area contributed by atoms with Gasteiger partial charge in [-0.1, -0.05) is 25.2 Å². The van der Waals surface area contributed by atoms with Crippen LogP contribution in [0.3, 0.4) is 0 Å². The SMILES string of the molecule is Cc1ccc(C(=O)N2CCC(C)(C(N)=S)CC2)cc1F. The van der Waals surface area contributed by atoms with Crippen LogP contribution < -0.4 is 5.73 Å². The zero-order valence-electron chi connectivity index (χ0n) is 11.8. The molecule has 0 atom stereocenters. The van der Waals surface area contributed by atoms with Crippen molar-refractivity contribution in [1.29, 1.82) is 0 Å². The summed E-state index contributed by atoms with van der Waals surface area (Å²) in [4.78, 5) is 14.6. The number of piperidine rings is 1. The van der Waals surface area contributed by atoms with E-state index in [9.17, 15) is 9.18 Å². The maximum atomic E-state index is 13.5. The molecular formula is C15H19FN2OS. The third-order valence-electron chi connectivity index (χ3n) is 4.17. The van der Waals surface area contributed by atoms with E-state index in [1.54, 1.807) is 24.0 Å². The second kappa shape index (κ2) is 5.48. The summed E-state index contributed by atoms with van der Waals surface area (Å²) in [5.41, 5.74) is 6.51. The van der Waals surface area contributed by atoms with E-state index in [0.29, 0.717) is 29.2 Å². The van der Waals surface area contributed by atoms with E-state index in [1.165, 1.54) is 6.07 Å². The number of nitrogens with zero attached hydrogens (tertiary/aromatic N) is 1. The largest absolute Gasteiger partial charge is 0.393 e. The standard InChI is InChI=1S/C15H19FN2OS/c1-10-3-4-11(9-12(10)16)13(19)18-7-5-15(2,6-8-18)14(17)20/h3-4,9H,5-8H2,1-2H3,(H2,17,20). The van der Waals surface area contributed by atoms with Gasteiger partial charge in [-0.05, 0) is 37.5 Å². The minimum atomic E-state index is -0.346. The lowest BCUT2D eigenvalue weighted by molar-refractivity contribution is 0.0669. The number of nitrogens with two attached hydrogens (primary N) is 1. The first kappa shape index (κ1) is 14.9. The summed E-state index contributed by atoms with van der Waals surface area (Å²) < 4.78 is 13.5. The molecule has 1 aromatic carbocycles. The molecule has 0 saturated carbocycles. The van der Waals surface area contributed by atoms with Crippen LogP contribution in [0.5, 0.6) is 0 Å². The van der Waals surface area contributed by atoms with Crippen molar-refractivity contribution in [3.63, 3.8) is 0 Å². The molecule has 0 unspecified atom stereocenters. The predicted octanol–water partition coefficient (Wildman–Crippen LogP) is 2.66. The molecule has 1 fully saturated rings. The molecule has 0 spiro atoms. The van der Waals surface area contributed by atoms with Crippen molar-refractivity contribution in [2.24, 2.45) is 11.1 Å². The summed E-state index contributed by atoms with van der Waals surface area (Å²) in [6, 6.07) is 4.60. The zero-order chi connectivity index (χ0) is 14.9. The van der Waals surface area contributed by atoms with Gasteiger partial charge in [0.25, 0.3) is 5.91 Å². The van der Waals surface area contributed by atoms with Crippen molar-refractivity contribution in [1.82, 2.24) is 4.90 Å². The fourth-order valence-corrected chi connectivity index (χ4v) is 2.56. The monoisotopic (exact) mass is 294 g/mol. The van der Waals surface area contributed by atoms with Gasteiger partial charge in [-0.3, -0.25) is 4.79 Å². The van der Waals surface area contributed by atoms with Crippen LogP contribution in [0.15, 0.2) is 18.2 Å². The average Bonchev–Trinajstić information content (AvgIpc) is 2.42. The average molecular weight is 294 g/mol. The number of hydrogen-bond donors (Lipinski definition) is 1. The van der Waals surface area contributed by atoms with Crippen LogP contribution in [-0.4, -0.2) is 28.9 Å². The summed E-state index contributed by atoms with van der Waals surface area (Å²) in [5.74, 6) is -0.477. The molecule has 1 aliphatic rings. The van der Waals surface area contributed by atoms with Crippen molar-refractivity contribution in [3.05, 3.63) is 35.1 Å². The lowest BCUT2D eigenvalue weighted by Gasteiger charge is -2.38. The highest BCUT2D eigenvalue weighted by Crippen LogP contribution is 2.31. The van der Waals surface area contributed by atoms with Crippen LogP contribution in [0.1, 0.15) is 35.7 Å². The number of carbonyl (C=O) groups excluding carboxylic acids is 1. The number of halogens is 1. The minimum Gasteiger partial charge on any atom is -0.393 e. The van der Waals surface area contributed by atoms with Gasteiger partial charge in [0.15, 0.2) is 0 Å². The fourth-order valence-electron chi connectivity index (χ4n) is 2.36. The molecule has 3 nitrogen and oxygen atoms in total. The topological polar surface area (TPSA) is 46.3 Å². The molecule has 2 rings (SSSR count). The molecular weight excluding hydrogens is 275 g/mol. The van der Waals surface area contributed by atoms with Gasteiger partial charge in [0, 0.05) is 24.1 Å². The number of carbonyl (C=O) groups is 1. The Bertz CT molecular complexity index is 551. The molecule has 20 heavy (non-hydrogen) atoms. The molecule has 0 radical (unpaired) electrons. The normalized spacial score (nSPS) is 17.9. The molecule has 0 bridgehead atoms. The van der Waals surface area contributed by atoms with Crippen LogP contribution in [0.2, 0.25) is 0 Å². The number of hydrogen-bond acceptors (Lipinski definition) is 2. The molecule has 2 N–H and O–H groups in total. The molecule has 0 aliphatic carbocycles. The van der Waals surface area contributed by atoms with Gasteiger partial charge < -0.3 is 10.6 Å². The smallest absolute Gasteiger partial charge is 0.253 e. The van der Waals surface area contributed by atoms with Gasteiger partial charge in [0.1, 0.15) is 5.82 Å². The van der Waals surface area contributed by atoms with Crippen LogP contribution >= 0.6 is 12.2 Å². The maximum absolute atomic E-state index is 13.5. The van der Waals surface area contributed by atoms with Gasteiger partial charge >= 0.3 is 0 Å². The Hall–Kier alpha value is -1.49. The molecule has 0 aromatic heterocycles. The molecule has 1 amide bonds. The Morgan fingerprint density at radius 1 is 1.40 bits per heavy atom. The van der Waals surface area contributed by atoms with Crippen molar-refractivity contribution in [2.45, 2.75) is 26.7 Å². The number of aryl methyl sites for hydroxylation is 1. The van der Waals surface area contributed by atoms with E-state index in [0.717, 1.165) is 12.8 Å². The number of thiocarbonyl (C=S) groups is 1. The molecule has 1 saturated heterocycles. The first-order valence-corrected chi connectivity index (χ1v) is 7.10. The molecule has 1 aromatic rings. The summed E-state index contributed by atoms with van der Waals surface area (Å²) >= 11 is 5.08. The lowest BCUT2D eigenvalue weighted by Crippen LogP contribution is -2.46. The summed E-state index contributed by atoms with van der Waals surface area (Å²) in [6.45, 7) is 4.91. The Morgan fingerprint density at radius 2 is 2.00 bits per heavy atom. The van der Waals surface area contributed by atoms with Gasteiger partial charge in [0.2, 0.25) is 0 Å². The van der Waals surface area contributed by atoms with Crippen LogP contribution in [0.25, 0.3) is 0 Å². The van der Waals surface area contributed by atoms with Crippen molar-refractivity contribution in [3.8, 4) is 0 Å². The highest BCUT2D eigenvalue weighted by atomic mass is 32.1. The van der Waals surface area contributed by atoms with Crippen molar-refractivity contribution >= 4 is 23.1 Å². The minimum absolute atomic E-state index is 0.131. The maximum Gasteiger partial charge on any atom is 0.253 e. The van der Waals surface area contributed by atoms with E-state index < -0.39 is 0 Å². The highest BCUT2D eigenvalue weighted by Gasteiger charge is 2.34. The van der Waals surface area contributed by atoms with E-state index in [4.69, 9.17) is 18.0 Å². The van der Waals surface area contributed by atoms with Gasteiger partial charge in [-0.15, -0.1) is 0 Å². The highest BCUT2D eigenvalue weighted by molar-refractivity contribution is 7.80. The van der Waals surface area contributed by atoms with E-state index in [2.05, 4.69) is 0 Å². The molecule has 1 aliphatic heterocycles. The molecule has 1 heterocycles. The summed E-state index contributed by atoms with van der Waals surface area (Å²) in [5, 5.41) is 0. The summed E-state index contributed by atoms with van der Waals surface area (Å²) in [6.07, 6.45) is 1.50. The Kier molecular flexibility index (Phi) is 4.09. The number of likely N-dealkylation sites (tertiary alicyclic amines) is 1. The van der Waals surface area contributed by atoms with Crippen molar-refractivity contribution < 1.29 is 9.18 Å². The van der Waals surface area contributed by atoms with Crippen LogP contribution in [0.4, 0.5) is 4.39 Å². The Balaban J connectivity index is 2.08. The Morgan fingerprint density at radius 3 is 2.50 bits per heavy atom. The summed E-state index contributed by atoms with van der Waals surface area (Å²) in [7, 11) is 0. The van der Waals surface area contributed by atoms with Crippen LogP contribution in [-0.2, 0) is 0 Å². The number of rotatable bonds is 2. The van der Waals surface area contributed by atoms with Gasteiger partial charge in [-0.25, -0.2) is 4.39 Å². The predicted molar refractivity (Wildman–Crippen MR) is 81.2 cm³/mol. The third kappa shape index (κ3) is 2.82. The molecule has 108 valence electrons.